The van der Waals surface area contributed by atoms with E-state index in [2.05, 4.69) is 51.3 Å². The van der Waals surface area contributed by atoms with Crippen LogP contribution in [0.2, 0.25) is 0 Å². The average Bonchev–Trinajstić information content (AvgIpc) is 2.41. The van der Waals surface area contributed by atoms with Gasteiger partial charge in [0, 0.05) is 37.3 Å². The zero-order valence-corrected chi connectivity index (χ0v) is 14.1. The van der Waals surface area contributed by atoms with Gasteiger partial charge in [0.05, 0.1) is 0 Å². The van der Waals surface area contributed by atoms with Crippen molar-refractivity contribution in [1.29, 1.82) is 0 Å². The average molecular weight is 256 g/mol. The smallest absolute Gasteiger partial charge is 0.0151 e. The zero-order valence-electron chi connectivity index (χ0n) is 14.1. The minimum atomic E-state index is 0.377. The fourth-order valence-electron chi connectivity index (χ4n) is 2.36. The maximum Gasteiger partial charge on any atom is 0.0151 e. The second-order valence-electron chi connectivity index (χ2n) is 6.31. The molecule has 1 aliphatic heterocycles. The highest BCUT2D eigenvalue weighted by Crippen LogP contribution is 2.24. The molecule has 2 heteroatoms. The molecule has 0 amide bonds. The lowest BCUT2D eigenvalue weighted by Crippen LogP contribution is -2.58. The molecule has 0 saturated carbocycles. The van der Waals surface area contributed by atoms with Crippen molar-refractivity contribution in [3.63, 3.8) is 0 Å². The predicted octanol–water partition coefficient (Wildman–Crippen LogP) is 4.01. The van der Waals surface area contributed by atoms with E-state index in [1.54, 1.807) is 0 Å². The highest BCUT2D eigenvalue weighted by Gasteiger charge is 2.32. The summed E-state index contributed by atoms with van der Waals surface area (Å²) < 4.78 is 0. The molecule has 0 N–H and O–H groups in total. The van der Waals surface area contributed by atoms with E-state index in [0.29, 0.717) is 11.1 Å². The fourth-order valence-corrected chi connectivity index (χ4v) is 2.36. The molecule has 0 spiro atoms. The van der Waals surface area contributed by atoms with Crippen molar-refractivity contribution >= 4 is 0 Å². The van der Waals surface area contributed by atoms with Gasteiger partial charge in [-0.05, 0) is 40.5 Å². The molecule has 1 aliphatic rings. The van der Waals surface area contributed by atoms with Crippen molar-refractivity contribution in [2.75, 3.05) is 26.2 Å². The SMILES string of the molecule is CC.CCC(C)(C)N1CCN(C(C)(C)CC)CC1. The number of hydrogen-bond acceptors (Lipinski definition) is 2. The maximum atomic E-state index is 2.65. The van der Waals surface area contributed by atoms with Crippen molar-refractivity contribution in [2.24, 2.45) is 0 Å². The van der Waals surface area contributed by atoms with E-state index >= 15 is 0 Å². The molecule has 0 aromatic carbocycles. The first-order chi connectivity index (χ1) is 8.33. The monoisotopic (exact) mass is 256 g/mol. The van der Waals surface area contributed by atoms with Gasteiger partial charge in [-0.15, -0.1) is 0 Å². The van der Waals surface area contributed by atoms with Crippen LogP contribution in [-0.4, -0.2) is 47.1 Å². The van der Waals surface area contributed by atoms with E-state index in [9.17, 15) is 0 Å². The fraction of sp³-hybridized carbons (Fsp3) is 1.00. The van der Waals surface area contributed by atoms with E-state index in [-0.39, 0.29) is 0 Å². The molecule has 1 heterocycles. The van der Waals surface area contributed by atoms with Crippen LogP contribution in [0.25, 0.3) is 0 Å². The van der Waals surface area contributed by atoms with Gasteiger partial charge in [0.2, 0.25) is 0 Å². The van der Waals surface area contributed by atoms with Gasteiger partial charge in [-0.1, -0.05) is 27.7 Å². The predicted molar refractivity (Wildman–Crippen MR) is 83.2 cm³/mol. The van der Waals surface area contributed by atoms with Crippen molar-refractivity contribution in [2.45, 2.75) is 79.3 Å². The number of piperazine rings is 1. The lowest BCUT2D eigenvalue weighted by Gasteiger charge is -2.48. The molecule has 0 atom stereocenters. The van der Waals surface area contributed by atoms with Gasteiger partial charge >= 0.3 is 0 Å². The minimum absolute atomic E-state index is 0.377. The van der Waals surface area contributed by atoms with Crippen molar-refractivity contribution in [3.8, 4) is 0 Å². The Hall–Kier alpha value is -0.0800. The first kappa shape index (κ1) is 17.9. The van der Waals surface area contributed by atoms with Crippen molar-refractivity contribution < 1.29 is 0 Å². The molecule has 18 heavy (non-hydrogen) atoms. The van der Waals surface area contributed by atoms with Gasteiger partial charge in [-0.3, -0.25) is 9.80 Å². The second kappa shape index (κ2) is 7.49. The van der Waals surface area contributed by atoms with Crippen LogP contribution in [0.15, 0.2) is 0 Å². The van der Waals surface area contributed by atoms with E-state index in [0.717, 1.165) is 0 Å². The quantitative estimate of drug-likeness (QED) is 0.750. The van der Waals surface area contributed by atoms with Gasteiger partial charge in [-0.2, -0.15) is 0 Å². The Morgan fingerprint density at radius 3 is 1.06 bits per heavy atom. The summed E-state index contributed by atoms with van der Waals surface area (Å²) in [5, 5.41) is 0. The van der Waals surface area contributed by atoms with E-state index in [1.807, 2.05) is 13.8 Å². The summed E-state index contributed by atoms with van der Waals surface area (Å²) in [7, 11) is 0. The maximum absolute atomic E-state index is 2.65. The molecule has 0 aliphatic carbocycles. The first-order valence-corrected chi connectivity index (χ1v) is 7.83. The van der Waals surface area contributed by atoms with Gasteiger partial charge in [0.25, 0.3) is 0 Å². The first-order valence-electron chi connectivity index (χ1n) is 7.83. The number of hydrogen-bond donors (Lipinski definition) is 0. The lowest BCUT2D eigenvalue weighted by molar-refractivity contribution is 0.00614. The Labute approximate surface area is 116 Å². The van der Waals surface area contributed by atoms with Crippen LogP contribution in [-0.2, 0) is 0 Å². The van der Waals surface area contributed by atoms with E-state index < -0.39 is 0 Å². The summed E-state index contributed by atoms with van der Waals surface area (Å²) in [6, 6.07) is 0. The van der Waals surface area contributed by atoms with Gasteiger partial charge in [-0.25, -0.2) is 0 Å². The Balaban J connectivity index is 0.00000137. The minimum Gasteiger partial charge on any atom is -0.296 e. The largest absolute Gasteiger partial charge is 0.296 e. The molecule has 1 rings (SSSR count). The summed E-state index contributed by atoms with van der Waals surface area (Å²) in [4.78, 5) is 5.30. The zero-order chi connectivity index (χ0) is 14.4. The third kappa shape index (κ3) is 4.55. The summed E-state index contributed by atoms with van der Waals surface area (Å²) in [6.45, 7) is 23.0. The van der Waals surface area contributed by atoms with Crippen LogP contribution in [0.3, 0.4) is 0 Å². The van der Waals surface area contributed by atoms with Gasteiger partial charge in [0.1, 0.15) is 0 Å². The molecular weight excluding hydrogens is 220 g/mol. The summed E-state index contributed by atoms with van der Waals surface area (Å²) >= 11 is 0. The number of nitrogens with zero attached hydrogens (tertiary/aromatic N) is 2. The molecule has 0 unspecified atom stereocenters. The molecule has 0 aromatic heterocycles. The molecule has 1 fully saturated rings. The highest BCUT2D eigenvalue weighted by atomic mass is 15.3. The highest BCUT2D eigenvalue weighted by molar-refractivity contribution is 4.89. The van der Waals surface area contributed by atoms with Crippen molar-refractivity contribution in [3.05, 3.63) is 0 Å². The Kier molecular flexibility index (Phi) is 7.46. The van der Waals surface area contributed by atoms with Crippen LogP contribution < -0.4 is 0 Å². The Morgan fingerprint density at radius 2 is 0.889 bits per heavy atom. The number of rotatable bonds is 4. The molecule has 0 aromatic rings. The van der Waals surface area contributed by atoms with E-state index in [4.69, 9.17) is 0 Å². The van der Waals surface area contributed by atoms with Gasteiger partial charge in [0.15, 0.2) is 0 Å². The molecule has 0 radical (unpaired) electrons. The summed E-state index contributed by atoms with van der Waals surface area (Å²) in [6.07, 6.45) is 2.48. The van der Waals surface area contributed by atoms with Crippen LogP contribution in [0.1, 0.15) is 68.2 Å². The van der Waals surface area contributed by atoms with Crippen LogP contribution in [0.5, 0.6) is 0 Å². The third-order valence-electron chi connectivity index (χ3n) is 4.72. The van der Waals surface area contributed by atoms with Crippen LogP contribution >= 0.6 is 0 Å². The lowest BCUT2D eigenvalue weighted by atomic mass is 9.95. The topological polar surface area (TPSA) is 6.48 Å². The Bertz CT molecular complexity index is 189. The van der Waals surface area contributed by atoms with Crippen molar-refractivity contribution in [1.82, 2.24) is 9.80 Å². The molecule has 110 valence electrons. The van der Waals surface area contributed by atoms with Crippen LogP contribution in [0, 0.1) is 0 Å². The van der Waals surface area contributed by atoms with Crippen LogP contribution in [0.4, 0.5) is 0 Å². The van der Waals surface area contributed by atoms with Gasteiger partial charge < -0.3 is 0 Å². The molecule has 0 bridgehead atoms. The molecular formula is C16H36N2. The summed E-state index contributed by atoms with van der Waals surface area (Å²) in [5.41, 5.74) is 0.755. The molecule has 2 nitrogen and oxygen atoms in total. The second-order valence-corrected chi connectivity index (χ2v) is 6.31. The normalized spacial score (nSPS) is 19.3. The summed E-state index contributed by atoms with van der Waals surface area (Å²) in [5.74, 6) is 0. The van der Waals surface area contributed by atoms with E-state index in [1.165, 1.54) is 39.0 Å². The third-order valence-corrected chi connectivity index (χ3v) is 4.72. The standard InChI is InChI=1S/C14H30N2.C2H6/c1-7-13(3,4)15-9-11-16(12-10-15)14(5,6)8-2;1-2/h7-12H2,1-6H3;1-2H3. The Morgan fingerprint density at radius 1 is 0.667 bits per heavy atom. The molecule has 1 saturated heterocycles.